The van der Waals surface area contributed by atoms with Gasteiger partial charge in [-0.1, -0.05) is 6.92 Å². The van der Waals surface area contributed by atoms with Crippen molar-refractivity contribution in [3.63, 3.8) is 0 Å². The summed E-state index contributed by atoms with van der Waals surface area (Å²) in [6.07, 6.45) is 5.32. The Hall–Kier alpha value is -0.820. The Kier molecular flexibility index (Phi) is 8.78. The van der Waals surface area contributed by atoms with E-state index in [1.54, 1.807) is 0 Å². The van der Waals surface area contributed by atoms with E-state index in [4.69, 9.17) is 0 Å². The summed E-state index contributed by atoms with van der Waals surface area (Å²) in [7, 11) is -2.89. The molecule has 0 bridgehead atoms. The average molecular weight is 333 g/mol. The molecule has 0 aromatic heterocycles. The monoisotopic (exact) mass is 332 g/mol. The maximum Gasteiger partial charge on any atom is 0.191 e. The average Bonchev–Trinajstić information content (AvgIpc) is 2.45. The maximum atomic E-state index is 11.1. The van der Waals surface area contributed by atoms with Crippen molar-refractivity contribution in [1.29, 1.82) is 0 Å². The van der Waals surface area contributed by atoms with Crippen molar-refractivity contribution in [3.05, 3.63) is 0 Å². The molecular weight excluding hydrogens is 300 g/mol. The van der Waals surface area contributed by atoms with E-state index in [1.165, 1.54) is 19.2 Å². The highest BCUT2D eigenvalue weighted by molar-refractivity contribution is 7.90. The van der Waals surface area contributed by atoms with Crippen molar-refractivity contribution in [1.82, 2.24) is 15.5 Å². The zero-order valence-corrected chi connectivity index (χ0v) is 15.1. The third kappa shape index (κ3) is 8.58. The number of guanidine groups is 1. The first-order valence-electron chi connectivity index (χ1n) is 8.39. The number of nitrogens with one attached hydrogen (secondary N) is 2. The van der Waals surface area contributed by atoms with Crippen molar-refractivity contribution in [3.8, 4) is 0 Å². The van der Waals surface area contributed by atoms with Crippen LogP contribution in [-0.2, 0) is 9.84 Å². The fourth-order valence-electron chi connectivity index (χ4n) is 2.65. The van der Waals surface area contributed by atoms with Crippen molar-refractivity contribution in [2.75, 3.05) is 44.7 Å². The predicted molar refractivity (Wildman–Crippen MR) is 93.2 cm³/mol. The molecule has 0 spiro atoms. The van der Waals surface area contributed by atoms with E-state index in [0.29, 0.717) is 19.0 Å². The number of hydrogen-bond donors (Lipinski definition) is 2. The van der Waals surface area contributed by atoms with E-state index in [-0.39, 0.29) is 5.75 Å². The van der Waals surface area contributed by atoms with Crippen LogP contribution in [0.15, 0.2) is 4.99 Å². The quantitative estimate of drug-likeness (QED) is 0.392. The molecule has 1 saturated heterocycles. The van der Waals surface area contributed by atoms with Crippen molar-refractivity contribution >= 4 is 15.8 Å². The van der Waals surface area contributed by atoms with E-state index < -0.39 is 9.84 Å². The second-order valence-electron chi connectivity index (χ2n) is 6.00. The number of sulfone groups is 1. The van der Waals surface area contributed by atoms with E-state index in [9.17, 15) is 8.42 Å². The summed E-state index contributed by atoms with van der Waals surface area (Å²) >= 11 is 0. The summed E-state index contributed by atoms with van der Waals surface area (Å²) in [6, 6.07) is 0.459. The summed E-state index contributed by atoms with van der Waals surface area (Å²) < 4.78 is 22.2. The molecule has 1 rings (SSSR count). The van der Waals surface area contributed by atoms with Crippen LogP contribution in [0, 0.1) is 0 Å². The largest absolute Gasteiger partial charge is 0.357 e. The molecule has 0 amide bonds. The van der Waals surface area contributed by atoms with Crippen LogP contribution in [0.1, 0.15) is 39.5 Å². The molecule has 0 aliphatic carbocycles. The Balaban J connectivity index is 2.37. The van der Waals surface area contributed by atoms with Crippen LogP contribution >= 0.6 is 0 Å². The molecule has 1 aliphatic heterocycles. The van der Waals surface area contributed by atoms with Crippen LogP contribution in [-0.4, -0.2) is 70.1 Å². The van der Waals surface area contributed by atoms with E-state index in [1.807, 2.05) is 6.92 Å². The van der Waals surface area contributed by atoms with Gasteiger partial charge in [0.2, 0.25) is 0 Å². The molecule has 0 aromatic carbocycles. The summed E-state index contributed by atoms with van der Waals surface area (Å²) in [5.41, 5.74) is 0. The third-order valence-corrected chi connectivity index (χ3v) is 4.79. The molecule has 0 aromatic rings. The lowest BCUT2D eigenvalue weighted by Gasteiger charge is -2.32. The Bertz CT molecular complexity index is 429. The van der Waals surface area contributed by atoms with Gasteiger partial charge >= 0.3 is 0 Å². The zero-order valence-electron chi connectivity index (χ0n) is 14.3. The van der Waals surface area contributed by atoms with E-state index in [0.717, 1.165) is 38.4 Å². The second-order valence-corrected chi connectivity index (χ2v) is 8.26. The van der Waals surface area contributed by atoms with E-state index in [2.05, 4.69) is 27.4 Å². The minimum Gasteiger partial charge on any atom is -0.357 e. The number of likely N-dealkylation sites (tertiary alicyclic amines) is 1. The number of piperidine rings is 1. The van der Waals surface area contributed by atoms with Gasteiger partial charge in [-0.15, -0.1) is 0 Å². The molecule has 0 saturated carbocycles. The van der Waals surface area contributed by atoms with Crippen LogP contribution < -0.4 is 10.6 Å². The van der Waals surface area contributed by atoms with Crippen molar-refractivity contribution < 1.29 is 8.42 Å². The standard InChI is InChI=1S/C15H32N4O2S/c1-4-10-19-11-7-14(8-12-19)18-15(16-5-2)17-9-6-13-22(3,20)21/h14H,4-13H2,1-3H3,(H2,16,17,18). The fraction of sp³-hybridized carbons (Fsp3) is 0.933. The summed E-state index contributed by atoms with van der Waals surface area (Å²) in [4.78, 5) is 6.99. The summed E-state index contributed by atoms with van der Waals surface area (Å²) in [5.74, 6) is 1.01. The smallest absolute Gasteiger partial charge is 0.191 e. The normalized spacial score (nSPS) is 18.4. The number of nitrogens with zero attached hydrogens (tertiary/aromatic N) is 2. The third-order valence-electron chi connectivity index (χ3n) is 3.76. The van der Waals surface area contributed by atoms with E-state index >= 15 is 0 Å². The highest BCUT2D eigenvalue weighted by Crippen LogP contribution is 2.10. The van der Waals surface area contributed by atoms with Gasteiger partial charge < -0.3 is 15.5 Å². The van der Waals surface area contributed by atoms with Gasteiger partial charge in [0.15, 0.2) is 5.96 Å². The Morgan fingerprint density at radius 1 is 1.27 bits per heavy atom. The van der Waals surface area contributed by atoms with Crippen LogP contribution in [0.2, 0.25) is 0 Å². The lowest BCUT2D eigenvalue weighted by atomic mass is 10.1. The highest BCUT2D eigenvalue weighted by atomic mass is 32.2. The molecule has 2 N–H and O–H groups in total. The van der Waals surface area contributed by atoms with Crippen LogP contribution in [0.5, 0.6) is 0 Å². The van der Waals surface area contributed by atoms with Crippen LogP contribution in [0.25, 0.3) is 0 Å². The topological polar surface area (TPSA) is 73.8 Å². The number of aliphatic imine (C=N–C) groups is 1. The van der Waals surface area contributed by atoms with Crippen molar-refractivity contribution in [2.45, 2.75) is 45.6 Å². The Morgan fingerprint density at radius 3 is 2.50 bits per heavy atom. The molecule has 0 atom stereocenters. The van der Waals surface area contributed by atoms with Gasteiger partial charge in [-0.3, -0.25) is 4.99 Å². The minimum atomic E-state index is -2.89. The fourth-order valence-corrected chi connectivity index (χ4v) is 3.30. The van der Waals surface area contributed by atoms with Gasteiger partial charge in [0.1, 0.15) is 9.84 Å². The summed E-state index contributed by atoms with van der Waals surface area (Å²) in [5, 5.41) is 6.72. The second kappa shape index (κ2) is 10.0. The predicted octanol–water partition coefficient (Wildman–Crippen LogP) is 0.851. The molecule has 6 nitrogen and oxygen atoms in total. The first-order valence-corrected chi connectivity index (χ1v) is 10.5. The zero-order chi connectivity index (χ0) is 16.4. The first kappa shape index (κ1) is 19.2. The highest BCUT2D eigenvalue weighted by Gasteiger charge is 2.19. The Morgan fingerprint density at radius 2 is 1.95 bits per heavy atom. The molecule has 130 valence electrons. The van der Waals surface area contributed by atoms with Gasteiger partial charge in [-0.25, -0.2) is 8.42 Å². The number of hydrogen-bond acceptors (Lipinski definition) is 4. The molecular formula is C15H32N4O2S. The van der Waals surface area contributed by atoms with Gasteiger partial charge in [0, 0.05) is 38.5 Å². The molecule has 0 radical (unpaired) electrons. The number of rotatable bonds is 8. The molecule has 7 heteroatoms. The minimum absolute atomic E-state index is 0.200. The lowest BCUT2D eigenvalue weighted by molar-refractivity contribution is 0.206. The van der Waals surface area contributed by atoms with Gasteiger partial charge in [-0.2, -0.15) is 0 Å². The van der Waals surface area contributed by atoms with Gasteiger partial charge in [-0.05, 0) is 39.2 Å². The van der Waals surface area contributed by atoms with Crippen molar-refractivity contribution in [2.24, 2.45) is 4.99 Å². The molecule has 1 fully saturated rings. The molecule has 22 heavy (non-hydrogen) atoms. The Labute approximate surface area is 135 Å². The van der Waals surface area contributed by atoms with Gasteiger partial charge in [0.25, 0.3) is 0 Å². The molecule has 1 heterocycles. The molecule has 1 aliphatic rings. The first-order chi connectivity index (χ1) is 10.4. The van der Waals surface area contributed by atoms with Crippen LogP contribution in [0.4, 0.5) is 0 Å². The van der Waals surface area contributed by atoms with Gasteiger partial charge in [0.05, 0.1) is 5.75 Å². The maximum absolute atomic E-state index is 11.1. The SMILES string of the molecule is CCCN1CCC(NC(=NCCCS(C)(=O)=O)NCC)CC1. The summed E-state index contributed by atoms with van der Waals surface area (Å²) in [6.45, 7) is 9.07. The molecule has 0 unspecified atom stereocenters. The van der Waals surface area contributed by atoms with Crippen LogP contribution in [0.3, 0.4) is 0 Å². The lowest BCUT2D eigenvalue weighted by Crippen LogP contribution is -2.48.